The third kappa shape index (κ3) is 3.32. The molecule has 1 atom stereocenters. The van der Waals surface area contributed by atoms with Gasteiger partial charge in [-0.2, -0.15) is 0 Å². The predicted molar refractivity (Wildman–Crippen MR) is 90.2 cm³/mol. The van der Waals surface area contributed by atoms with E-state index in [1.54, 1.807) is 6.92 Å². The minimum absolute atomic E-state index is 0.152. The van der Waals surface area contributed by atoms with Gasteiger partial charge in [-0.15, -0.1) is 0 Å². The second-order valence-electron chi connectivity index (χ2n) is 5.33. The van der Waals surface area contributed by atoms with E-state index in [0.717, 1.165) is 11.1 Å². The lowest BCUT2D eigenvalue weighted by molar-refractivity contribution is -0.136. The summed E-state index contributed by atoms with van der Waals surface area (Å²) in [5, 5.41) is 13.0. The van der Waals surface area contributed by atoms with Gasteiger partial charge < -0.3 is 15.2 Å². The standard InChI is InChI=1S/C17H18BrNO4/c1-9-4-6-11(7-5-9)14-13(16(20)21)10(2)19-12(8-18)15(14)17(22)23-3/h4-7,14,19H,8H2,1-3H3,(H,20,21). The molecule has 0 bridgehead atoms. The van der Waals surface area contributed by atoms with Gasteiger partial charge >= 0.3 is 11.9 Å². The van der Waals surface area contributed by atoms with Crippen molar-refractivity contribution in [2.24, 2.45) is 0 Å². The number of carboxylic acids is 1. The number of carbonyl (C=O) groups is 2. The van der Waals surface area contributed by atoms with Crippen molar-refractivity contribution in [2.45, 2.75) is 19.8 Å². The first-order valence-corrected chi connectivity index (χ1v) is 8.17. The number of hydrogen-bond donors (Lipinski definition) is 2. The molecule has 0 fully saturated rings. The Balaban J connectivity index is 2.70. The Morgan fingerprint density at radius 1 is 1.22 bits per heavy atom. The van der Waals surface area contributed by atoms with E-state index < -0.39 is 17.9 Å². The van der Waals surface area contributed by atoms with Crippen LogP contribution < -0.4 is 5.32 Å². The monoisotopic (exact) mass is 379 g/mol. The smallest absolute Gasteiger partial charge is 0.336 e. The van der Waals surface area contributed by atoms with E-state index >= 15 is 0 Å². The molecule has 1 aliphatic heterocycles. The molecule has 0 saturated heterocycles. The van der Waals surface area contributed by atoms with Crippen molar-refractivity contribution in [3.05, 3.63) is 57.9 Å². The highest BCUT2D eigenvalue weighted by atomic mass is 79.9. The summed E-state index contributed by atoms with van der Waals surface area (Å²) >= 11 is 3.35. The molecule has 5 nitrogen and oxygen atoms in total. The fourth-order valence-electron chi connectivity index (χ4n) is 2.73. The van der Waals surface area contributed by atoms with Gasteiger partial charge in [-0.25, -0.2) is 9.59 Å². The van der Waals surface area contributed by atoms with Crippen LogP contribution in [-0.2, 0) is 14.3 Å². The molecule has 1 aliphatic rings. The number of carboxylic acid groups (broad SMARTS) is 1. The maximum absolute atomic E-state index is 12.3. The molecule has 6 heteroatoms. The number of benzene rings is 1. The molecule has 0 amide bonds. The summed E-state index contributed by atoms with van der Waals surface area (Å²) in [4.78, 5) is 24.1. The van der Waals surface area contributed by atoms with Gasteiger partial charge in [-0.1, -0.05) is 45.8 Å². The van der Waals surface area contributed by atoms with Crippen LogP contribution in [0.25, 0.3) is 0 Å². The van der Waals surface area contributed by atoms with Crippen molar-refractivity contribution in [1.29, 1.82) is 0 Å². The lowest BCUT2D eigenvalue weighted by Gasteiger charge is -2.30. The lowest BCUT2D eigenvalue weighted by Crippen LogP contribution is -2.33. The number of halogens is 1. The van der Waals surface area contributed by atoms with Crippen LogP contribution in [0.1, 0.15) is 24.0 Å². The maximum Gasteiger partial charge on any atom is 0.336 e. The van der Waals surface area contributed by atoms with Crippen molar-refractivity contribution < 1.29 is 19.4 Å². The Hall–Kier alpha value is -2.08. The summed E-state index contributed by atoms with van der Waals surface area (Å²) < 4.78 is 4.89. The van der Waals surface area contributed by atoms with Crippen molar-refractivity contribution in [2.75, 3.05) is 12.4 Å². The molecule has 0 spiro atoms. The molecule has 23 heavy (non-hydrogen) atoms. The number of esters is 1. The number of aliphatic carboxylic acids is 1. The number of aryl methyl sites for hydroxylation is 1. The third-order valence-electron chi connectivity index (χ3n) is 3.82. The quantitative estimate of drug-likeness (QED) is 0.621. The van der Waals surface area contributed by atoms with Crippen LogP contribution in [0, 0.1) is 6.92 Å². The Kier molecular flexibility index (Phi) is 5.26. The third-order valence-corrected chi connectivity index (χ3v) is 4.39. The summed E-state index contributed by atoms with van der Waals surface area (Å²) in [6.07, 6.45) is 0. The molecule has 122 valence electrons. The Morgan fingerprint density at radius 3 is 2.30 bits per heavy atom. The van der Waals surface area contributed by atoms with E-state index in [0.29, 0.717) is 22.3 Å². The van der Waals surface area contributed by atoms with Gasteiger partial charge in [-0.3, -0.25) is 0 Å². The number of alkyl halides is 1. The minimum Gasteiger partial charge on any atom is -0.478 e. The first-order valence-electron chi connectivity index (χ1n) is 7.05. The van der Waals surface area contributed by atoms with Crippen LogP contribution in [0.15, 0.2) is 46.8 Å². The zero-order valence-corrected chi connectivity index (χ0v) is 14.7. The number of nitrogens with one attached hydrogen (secondary N) is 1. The van der Waals surface area contributed by atoms with Gasteiger partial charge in [0, 0.05) is 16.7 Å². The predicted octanol–water partition coefficient (Wildman–Crippen LogP) is 2.86. The van der Waals surface area contributed by atoms with E-state index in [-0.39, 0.29) is 5.57 Å². The molecule has 2 N–H and O–H groups in total. The number of hydrogen-bond acceptors (Lipinski definition) is 4. The Bertz CT molecular complexity index is 704. The number of dihydropyridines is 1. The molecule has 2 rings (SSSR count). The first-order chi connectivity index (χ1) is 10.9. The highest BCUT2D eigenvalue weighted by Crippen LogP contribution is 2.39. The summed E-state index contributed by atoms with van der Waals surface area (Å²) in [5.41, 5.74) is 3.41. The lowest BCUT2D eigenvalue weighted by atomic mass is 9.80. The summed E-state index contributed by atoms with van der Waals surface area (Å²) in [6.45, 7) is 3.65. The fraction of sp³-hybridized carbons (Fsp3) is 0.294. The first kappa shape index (κ1) is 17.3. The SMILES string of the molecule is COC(=O)C1=C(CBr)NC(C)=C(C(=O)O)C1c1ccc(C)cc1. The summed E-state index contributed by atoms with van der Waals surface area (Å²) in [6, 6.07) is 7.48. The fourth-order valence-corrected chi connectivity index (χ4v) is 3.17. The van der Waals surface area contributed by atoms with Crippen LogP contribution in [0.5, 0.6) is 0 Å². The van der Waals surface area contributed by atoms with Gasteiger partial charge in [0.05, 0.1) is 24.2 Å². The second kappa shape index (κ2) is 7.00. The van der Waals surface area contributed by atoms with E-state index in [9.17, 15) is 14.7 Å². The van der Waals surface area contributed by atoms with Crippen molar-refractivity contribution in [1.82, 2.24) is 5.32 Å². The topological polar surface area (TPSA) is 75.6 Å². The number of allylic oxidation sites excluding steroid dienone is 2. The molecule has 1 aromatic carbocycles. The minimum atomic E-state index is -1.06. The molecule has 0 radical (unpaired) electrons. The van der Waals surface area contributed by atoms with E-state index in [1.807, 2.05) is 31.2 Å². The van der Waals surface area contributed by atoms with Crippen LogP contribution in [-0.4, -0.2) is 29.5 Å². The van der Waals surface area contributed by atoms with Crippen LogP contribution in [0.3, 0.4) is 0 Å². The van der Waals surface area contributed by atoms with Crippen LogP contribution in [0.2, 0.25) is 0 Å². The Morgan fingerprint density at radius 2 is 1.83 bits per heavy atom. The van der Waals surface area contributed by atoms with Gasteiger partial charge in [0.2, 0.25) is 0 Å². The average molecular weight is 380 g/mol. The molecule has 0 saturated carbocycles. The van der Waals surface area contributed by atoms with E-state index in [4.69, 9.17) is 4.74 Å². The molecule has 1 heterocycles. The van der Waals surface area contributed by atoms with Crippen molar-refractivity contribution in [3.63, 3.8) is 0 Å². The number of carbonyl (C=O) groups excluding carboxylic acids is 1. The van der Waals surface area contributed by atoms with E-state index in [2.05, 4.69) is 21.2 Å². The van der Waals surface area contributed by atoms with Crippen LogP contribution in [0.4, 0.5) is 0 Å². The van der Waals surface area contributed by atoms with E-state index in [1.165, 1.54) is 7.11 Å². The normalized spacial score (nSPS) is 17.8. The van der Waals surface area contributed by atoms with Gasteiger partial charge in [0.1, 0.15) is 0 Å². The molecule has 1 unspecified atom stereocenters. The zero-order chi connectivity index (χ0) is 17.1. The van der Waals surface area contributed by atoms with Crippen LogP contribution >= 0.6 is 15.9 Å². The van der Waals surface area contributed by atoms with Gasteiger partial charge in [0.15, 0.2) is 0 Å². The largest absolute Gasteiger partial charge is 0.478 e. The van der Waals surface area contributed by atoms with Crippen molar-refractivity contribution in [3.8, 4) is 0 Å². The summed E-state index contributed by atoms with van der Waals surface area (Å²) in [5.74, 6) is -2.27. The molecule has 0 aromatic heterocycles. The Labute approximate surface area is 143 Å². The maximum atomic E-state index is 12.3. The number of methoxy groups -OCH3 is 1. The van der Waals surface area contributed by atoms with Gasteiger partial charge in [-0.05, 0) is 19.4 Å². The molecular weight excluding hydrogens is 362 g/mol. The number of ether oxygens (including phenoxy) is 1. The highest BCUT2D eigenvalue weighted by molar-refractivity contribution is 9.09. The zero-order valence-electron chi connectivity index (χ0n) is 13.1. The molecular formula is C17H18BrNO4. The second-order valence-corrected chi connectivity index (χ2v) is 5.89. The summed E-state index contributed by atoms with van der Waals surface area (Å²) in [7, 11) is 1.29. The van der Waals surface area contributed by atoms with Crippen molar-refractivity contribution >= 4 is 27.9 Å². The highest BCUT2D eigenvalue weighted by Gasteiger charge is 2.37. The molecule has 1 aromatic rings. The van der Waals surface area contributed by atoms with Gasteiger partial charge in [0.25, 0.3) is 0 Å². The number of rotatable bonds is 4. The molecule has 0 aliphatic carbocycles. The average Bonchev–Trinajstić information content (AvgIpc) is 2.53.